The predicted octanol–water partition coefficient (Wildman–Crippen LogP) is 0.985. The molecule has 0 unspecified atom stereocenters. The highest BCUT2D eigenvalue weighted by Gasteiger charge is 2.68. The lowest BCUT2D eigenvalue weighted by Gasteiger charge is -2.59. The zero-order valence-electron chi connectivity index (χ0n) is 21.7. The third-order valence-electron chi connectivity index (χ3n) is 8.70. The number of nitrogens with zero attached hydrogens (tertiary/aromatic N) is 5. The summed E-state index contributed by atoms with van der Waals surface area (Å²) in [6, 6.07) is -1.36. The van der Waals surface area contributed by atoms with Gasteiger partial charge in [0.15, 0.2) is 0 Å². The monoisotopic (exact) mass is 526 g/mol. The Bertz CT molecular complexity index is 1200. The van der Waals surface area contributed by atoms with Crippen molar-refractivity contribution < 1.29 is 24.0 Å². The summed E-state index contributed by atoms with van der Waals surface area (Å²) in [5, 5.41) is 6.69. The number of hydrogen-bond donors (Lipinski definition) is 3. The number of urea groups is 2. The number of H-pyrrole nitrogens is 1. The SMILES string of the molecule is CCCCN1C(=O)C(=C(N)N)C(=O)N(C2CCC3(CC2)CC2(C3)C(=O)N(C)C(=O)N2Cc2cn[nH]c2)C1=O. The highest BCUT2D eigenvalue weighted by molar-refractivity contribution is 6.29. The third kappa shape index (κ3) is 3.74. The summed E-state index contributed by atoms with van der Waals surface area (Å²) in [7, 11) is 1.51. The average Bonchev–Trinajstić information content (AvgIpc) is 3.43. The van der Waals surface area contributed by atoms with Crippen LogP contribution < -0.4 is 11.5 Å². The van der Waals surface area contributed by atoms with E-state index in [4.69, 9.17) is 11.5 Å². The summed E-state index contributed by atoms with van der Waals surface area (Å²) in [6.45, 7) is 2.42. The fraction of sp³-hybridized carbons (Fsp3) is 0.600. The van der Waals surface area contributed by atoms with Crippen LogP contribution in [0.5, 0.6) is 0 Å². The molecule has 13 nitrogen and oxygen atoms in total. The van der Waals surface area contributed by atoms with Crippen molar-refractivity contribution >= 4 is 29.8 Å². The first-order valence-electron chi connectivity index (χ1n) is 13.1. The maximum absolute atomic E-state index is 13.3. The third-order valence-corrected chi connectivity index (χ3v) is 8.70. The van der Waals surface area contributed by atoms with E-state index in [1.807, 2.05) is 6.92 Å². The van der Waals surface area contributed by atoms with Gasteiger partial charge in [0.1, 0.15) is 16.9 Å². The lowest BCUT2D eigenvalue weighted by Crippen LogP contribution is -2.65. The Morgan fingerprint density at radius 1 is 1.08 bits per heavy atom. The fourth-order valence-electron chi connectivity index (χ4n) is 6.74. The van der Waals surface area contributed by atoms with Crippen LogP contribution in [0, 0.1) is 5.41 Å². The molecule has 204 valence electrons. The molecule has 1 aromatic rings. The molecule has 5 rings (SSSR count). The molecule has 0 radical (unpaired) electrons. The van der Waals surface area contributed by atoms with Gasteiger partial charge in [0.05, 0.1) is 12.7 Å². The number of barbiturate groups is 1. The largest absolute Gasteiger partial charge is 0.385 e. The van der Waals surface area contributed by atoms with Crippen LogP contribution in [-0.4, -0.2) is 84.8 Å². The van der Waals surface area contributed by atoms with Crippen molar-refractivity contribution in [1.82, 2.24) is 29.8 Å². The molecule has 0 atom stereocenters. The number of likely N-dealkylation sites (N-methyl/N-ethyl adjacent to an activating group) is 1. The summed E-state index contributed by atoms with van der Waals surface area (Å²) in [6.07, 6.45) is 8.20. The van der Waals surface area contributed by atoms with E-state index in [-0.39, 0.29) is 36.0 Å². The first-order valence-corrected chi connectivity index (χ1v) is 13.1. The van der Waals surface area contributed by atoms with Gasteiger partial charge in [-0.15, -0.1) is 0 Å². The molecule has 5 N–H and O–H groups in total. The second kappa shape index (κ2) is 9.14. The van der Waals surface area contributed by atoms with E-state index in [2.05, 4.69) is 10.2 Å². The number of aromatic amines is 1. The number of carbonyl (C=O) groups is 5. The minimum absolute atomic E-state index is 0.169. The average molecular weight is 527 g/mol. The zero-order valence-corrected chi connectivity index (χ0v) is 21.7. The molecule has 4 fully saturated rings. The molecule has 7 amide bonds. The summed E-state index contributed by atoms with van der Waals surface area (Å²) in [5.41, 5.74) is 10.8. The van der Waals surface area contributed by atoms with Crippen LogP contribution in [0.4, 0.5) is 9.59 Å². The Balaban J connectivity index is 1.31. The molecule has 38 heavy (non-hydrogen) atoms. The van der Waals surface area contributed by atoms with Crippen LogP contribution in [0.2, 0.25) is 0 Å². The van der Waals surface area contributed by atoms with Gasteiger partial charge in [-0.1, -0.05) is 13.3 Å². The van der Waals surface area contributed by atoms with Crippen LogP contribution in [0.3, 0.4) is 0 Å². The van der Waals surface area contributed by atoms with Crippen LogP contribution in [-0.2, 0) is 20.9 Å². The van der Waals surface area contributed by atoms with Crippen molar-refractivity contribution in [3.63, 3.8) is 0 Å². The van der Waals surface area contributed by atoms with Gasteiger partial charge in [0.2, 0.25) is 0 Å². The maximum Gasteiger partial charge on any atom is 0.334 e. The lowest BCUT2D eigenvalue weighted by atomic mass is 9.51. The molecule has 4 aliphatic rings. The van der Waals surface area contributed by atoms with E-state index in [0.717, 1.165) is 21.8 Å². The lowest BCUT2D eigenvalue weighted by molar-refractivity contribution is -0.151. The van der Waals surface area contributed by atoms with Crippen LogP contribution >= 0.6 is 0 Å². The van der Waals surface area contributed by atoms with Gasteiger partial charge in [-0.05, 0) is 50.4 Å². The quantitative estimate of drug-likeness (QED) is 0.279. The number of nitrogens with two attached hydrogens (primary N) is 2. The maximum atomic E-state index is 13.3. The van der Waals surface area contributed by atoms with E-state index in [0.29, 0.717) is 44.9 Å². The summed E-state index contributed by atoms with van der Waals surface area (Å²) < 4.78 is 0. The van der Waals surface area contributed by atoms with E-state index < -0.39 is 35.2 Å². The molecule has 2 saturated heterocycles. The highest BCUT2D eigenvalue weighted by atomic mass is 16.2. The Hall–Kier alpha value is -3.90. The predicted molar refractivity (Wildman–Crippen MR) is 133 cm³/mol. The molecule has 2 aliphatic heterocycles. The number of rotatable bonds is 6. The van der Waals surface area contributed by atoms with Crippen molar-refractivity contribution in [1.29, 1.82) is 0 Å². The van der Waals surface area contributed by atoms with Crippen LogP contribution in [0.15, 0.2) is 23.8 Å². The van der Waals surface area contributed by atoms with Crippen molar-refractivity contribution in [3.8, 4) is 0 Å². The molecule has 13 heteroatoms. The van der Waals surface area contributed by atoms with E-state index in [1.54, 1.807) is 17.3 Å². The normalized spacial score (nSPS) is 29.8. The van der Waals surface area contributed by atoms with Gasteiger partial charge in [-0.2, -0.15) is 5.10 Å². The first-order chi connectivity index (χ1) is 18.0. The molecular formula is C25H34N8O5. The Morgan fingerprint density at radius 3 is 2.34 bits per heavy atom. The number of nitrogens with one attached hydrogen (secondary N) is 1. The molecule has 0 aromatic carbocycles. The molecule has 1 aromatic heterocycles. The Labute approximate surface area is 220 Å². The first kappa shape index (κ1) is 25.7. The number of carbonyl (C=O) groups excluding carboxylic acids is 5. The van der Waals surface area contributed by atoms with Gasteiger partial charge in [0, 0.05) is 31.4 Å². The van der Waals surface area contributed by atoms with Gasteiger partial charge in [0.25, 0.3) is 17.7 Å². The molecule has 2 aliphatic carbocycles. The van der Waals surface area contributed by atoms with Crippen molar-refractivity contribution in [2.75, 3.05) is 13.6 Å². The standard InChI is InChI=1S/C25H34N8O5/c1-3-4-9-31-19(34)17(18(26)27)20(35)33(23(31)38)16-5-7-24(8-6-16)13-25(14-24)21(36)30(2)22(37)32(25)12-15-10-28-29-11-15/h10-11,16H,3-9,12-14,26-27H2,1-2H3,(H,28,29). The molecule has 2 spiro atoms. The van der Waals surface area contributed by atoms with E-state index in [9.17, 15) is 24.0 Å². The van der Waals surface area contributed by atoms with Gasteiger partial charge in [-0.25, -0.2) is 9.59 Å². The second-order valence-electron chi connectivity index (χ2n) is 11.1. The minimum Gasteiger partial charge on any atom is -0.385 e. The minimum atomic E-state index is -0.889. The number of hydrogen-bond acceptors (Lipinski definition) is 8. The summed E-state index contributed by atoms with van der Waals surface area (Å²) >= 11 is 0. The summed E-state index contributed by atoms with van der Waals surface area (Å²) in [4.78, 5) is 70.5. The molecule has 0 bridgehead atoms. The number of unbranched alkanes of at least 4 members (excludes halogenated alkanes) is 1. The van der Waals surface area contributed by atoms with Crippen molar-refractivity contribution in [2.24, 2.45) is 16.9 Å². The van der Waals surface area contributed by atoms with E-state index >= 15 is 0 Å². The smallest absolute Gasteiger partial charge is 0.334 e. The fourth-order valence-corrected chi connectivity index (χ4v) is 6.74. The number of amides is 7. The Kier molecular flexibility index (Phi) is 6.19. The van der Waals surface area contributed by atoms with Gasteiger partial charge in [-0.3, -0.25) is 34.2 Å². The zero-order chi connectivity index (χ0) is 27.4. The topological polar surface area (TPSA) is 179 Å². The highest BCUT2D eigenvalue weighted by Crippen LogP contribution is 2.61. The second-order valence-corrected chi connectivity index (χ2v) is 11.1. The van der Waals surface area contributed by atoms with Crippen molar-refractivity contribution in [2.45, 2.75) is 76.4 Å². The number of aromatic nitrogens is 2. The molecule has 3 heterocycles. The summed E-state index contributed by atoms with van der Waals surface area (Å²) in [5.74, 6) is -2.08. The Morgan fingerprint density at radius 2 is 1.76 bits per heavy atom. The number of imide groups is 3. The van der Waals surface area contributed by atoms with E-state index in [1.165, 1.54) is 11.9 Å². The van der Waals surface area contributed by atoms with Gasteiger partial charge >= 0.3 is 12.1 Å². The molecule has 2 saturated carbocycles. The van der Waals surface area contributed by atoms with Crippen LogP contribution in [0.1, 0.15) is 63.9 Å². The van der Waals surface area contributed by atoms with Crippen molar-refractivity contribution in [3.05, 3.63) is 29.4 Å². The molecular weight excluding hydrogens is 492 g/mol. The van der Waals surface area contributed by atoms with Crippen LogP contribution in [0.25, 0.3) is 0 Å². The van der Waals surface area contributed by atoms with Gasteiger partial charge < -0.3 is 16.4 Å².